The summed E-state index contributed by atoms with van der Waals surface area (Å²) in [4.78, 5) is 0. The molecule has 0 radical (unpaired) electrons. The number of hydrogen-bond donors (Lipinski definition) is 0. The van der Waals surface area contributed by atoms with Gasteiger partial charge >= 0.3 is 8.80 Å². The van der Waals surface area contributed by atoms with Crippen molar-refractivity contribution in [3.05, 3.63) is 0 Å². The highest BCUT2D eigenvalue weighted by molar-refractivity contribution is 6.60. The molecule has 1 unspecified atom stereocenters. The fraction of sp³-hybridized carbons (Fsp3) is 1.00. The Morgan fingerprint density at radius 3 is 1.94 bits per heavy atom. The van der Waals surface area contributed by atoms with Crippen molar-refractivity contribution in [2.24, 2.45) is 0 Å². The number of rotatable bonds is 12. The Kier molecular flexibility index (Phi) is 11.0. The minimum atomic E-state index is -2.43. The van der Waals surface area contributed by atoms with E-state index in [0.29, 0.717) is 13.2 Å². The Labute approximate surface area is 115 Å². The SMILES string of the molecule is CCCCCC[Si](OCC)(OCC)OC(C)CC. The summed E-state index contributed by atoms with van der Waals surface area (Å²) in [6.45, 7) is 11.9. The molecule has 0 fully saturated rings. The van der Waals surface area contributed by atoms with Crippen LogP contribution in [0.1, 0.15) is 66.7 Å². The second-order valence-electron chi connectivity index (χ2n) is 4.70. The molecule has 0 aliphatic heterocycles. The van der Waals surface area contributed by atoms with Gasteiger partial charge in [0.1, 0.15) is 0 Å². The van der Waals surface area contributed by atoms with Gasteiger partial charge in [0.05, 0.1) is 0 Å². The Hall–Kier alpha value is 0.0969. The number of hydrogen-bond acceptors (Lipinski definition) is 3. The van der Waals surface area contributed by atoms with Gasteiger partial charge in [-0.15, -0.1) is 0 Å². The molecule has 3 nitrogen and oxygen atoms in total. The molecule has 0 aromatic carbocycles. The Bertz CT molecular complexity index is 182. The topological polar surface area (TPSA) is 27.7 Å². The van der Waals surface area contributed by atoms with Crippen LogP contribution in [-0.2, 0) is 13.3 Å². The van der Waals surface area contributed by atoms with E-state index in [2.05, 4.69) is 20.8 Å². The molecule has 0 rings (SSSR count). The molecule has 0 heterocycles. The van der Waals surface area contributed by atoms with E-state index in [1.165, 1.54) is 19.3 Å². The molecular weight excluding hydrogens is 244 g/mol. The minimum Gasteiger partial charge on any atom is -0.374 e. The van der Waals surface area contributed by atoms with Gasteiger partial charge in [0.15, 0.2) is 0 Å². The fourth-order valence-corrected chi connectivity index (χ4v) is 4.88. The smallest absolute Gasteiger partial charge is 0.374 e. The number of unbranched alkanes of at least 4 members (excludes halogenated alkanes) is 3. The average Bonchev–Trinajstić information content (AvgIpc) is 2.35. The highest BCUT2D eigenvalue weighted by Crippen LogP contribution is 2.22. The summed E-state index contributed by atoms with van der Waals surface area (Å²) >= 11 is 0. The van der Waals surface area contributed by atoms with Crippen LogP contribution in [-0.4, -0.2) is 28.1 Å². The monoisotopic (exact) mass is 276 g/mol. The summed E-state index contributed by atoms with van der Waals surface area (Å²) in [7, 11) is -2.43. The lowest BCUT2D eigenvalue weighted by molar-refractivity contribution is 0.0366. The van der Waals surface area contributed by atoms with Crippen molar-refractivity contribution >= 4 is 8.80 Å². The minimum absolute atomic E-state index is 0.223. The van der Waals surface area contributed by atoms with Crippen LogP contribution in [0.15, 0.2) is 0 Å². The van der Waals surface area contributed by atoms with Gasteiger partial charge in [0.25, 0.3) is 0 Å². The second kappa shape index (κ2) is 11.0. The second-order valence-corrected chi connectivity index (χ2v) is 7.38. The zero-order chi connectivity index (χ0) is 13.9. The summed E-state index contributed by atoms with van der Waals surface area (Å²) in [5.41, 5.74) is 0. The largest absolute Gasteiger partial charge is 0.501 e. The van der Waals surface area contributed by atoms with Crippen LogP contribution in [0.5, 0.6) is 0 Å². The van der Waals surface area contributed by atoms with Crippen LogP contribution in [0.3, 0.4) is 0 Å². The van der Waals surface area contributed by atoms with Crippen LogP contribution < -0.4 is 0 Å². The normalized spacial score (nSPS) is 13.8. The van der Waals surface area contributed by atoms with Gasteiger partial charge in [-0.05, 0) is 33.6 Å². The van der Waals surface area contributed by atoms with Gasteiger partial charge in [-0.2, -0.15) is 0 Å². The molecule has 0 aliphatic rings. The van der Waals surface area contributed by atoms with Crippen molar-refractivity contribution in [1.29, 1.82) is 0 Å². The van der Waals surface area contributed by atoms with Crippen molar-refractivity contribution in [1.82, 2.24) is 0 Å². The third kappa shape index (κ3) is 7.51. The maximum atomic E-state index is 6.14. The highest BCUT2D eigenvalue weighted by Gasteiger charge is 2.41. The first-order valence-electron chi connectivity index (χ1n) is 7.59. The van der Waals surface area contributed by atoms with E-state index in [1.807, 2.05) is 13.8 Å². The zero-order valence-corrected chi connectivity index (χ0v) is 14.0. The molecule has 0 aromatic heterocycles. The van der Waals surface area contributed by atoms with Gasteiger partial charge in [-0.25, -0.2) is 0 Å². The molecule has 0 amide bonds. The Morgan fingerprint density at radius 2 is 1.50 bits per heavy atom. The average molecular weight is 276 g/mol. The van der Waals surface area contributed by atoms with E-state index in [-0.39, 0.29) is 6.10 Å². The third-order valence-corrected chi connectivity index (χ3v) is 6.21. The molecule has 0 spiro atoms. The van der Waals surface area contributed by atoms with Crippen molar-refractivity contribution in [2.75, 3.05) is 13.2 Å². The molecule has 0 saturated carbocycles. The third-order valence-electron chi connectivity index (χ3n) is 3.02. The molecule has 0 aromatic rings. The lowest BCUT2D eigenvalue weighted by Gasteiger charge is -2.31. The Morgan fingerprint density at radius 1 is 0.889 bits per heavy atom. The van der Waals surface area contributed by atoms with Gasteiger partial charge in [-0.3, -0.25) is 0 Å². The summed E-state index contributed by atoms with van der Waals surface area (Å²) in [6, 6.07) is 0.957. The molecule has 4 heteroatoms. The predicted molar refractivity (Wildman–Crippen MR) is 78.8 cm³/mol. The molecule has 18 heavy (non-hydrogen) atoms. The van der Waals surface area contributed by atoms with Crippen molar-refractivity contribution in [3.8, 4) is 0 Å². The standard InChI is InChI=1S/C14H32O3Si/c1-6-10-11-12-13-18(15-8-3,16-9-4)17-14(5)7-2/h14H,6-13H2,1-5H3. The van der Waals surface area contributed by atoms with Crippen LogP contribution in [0.4, 0.5) is 0 Å². The first kappa shape index (κ1) is 18.1. The maximum Gasteiger partial charge on any atom is 0.501 e. The lowest BCUT2D eigenvalue weighted by Crippen LogP contribution is -2.48. The van der Waals surface area contributed by atoms with Crippen molar-refractivity contribution in [2.45, 2.75) is 78.9 Å². The Balaban J connectivity index is 4.41. The first-order valence-corrected chi connectivity index (χ1v) is 9.52. The molecule has 110 valence electrons. The quantitative estimate of drug-likeness (QED) is 0.391. The highest BCUT2D eigenvalue weighted by atomic mass is 28.4. The van der Waals surface area contributed by atoms with Crippen LogP contribution in [0.2, 0.25) is 6.04 Å². The molecule has 0 aliphatic carbocycles. The molecule has 0 bridgehead atoms. The first-order chi connectivity index (χ1) is 8.64. The summed E-state index contributed by atoms with van der Waals surface area (Å²) in [5.74, 6) is 0. The summed E-state index contributed by atoms with van der Waals surface area (Å²) in [6.07, 6.45) is 6.16. The van der Waals surface area contributed by atoms with Crippen LogP contribution in [0, 0.1) is 0 Å². The van der Waals surface area contributed by atoms with E-state index < -0.39 is 8.80 Å². The fourth-order valence-electron chi connectivity index (χ4n) is 1.91. The summed E-state index contributed by atoms with van der Waals surface area (Å²) in [5, 5.41) is 0. The van der Waals surface area contributed by atoms with E-state index in [1.54, 1.807) is 0 Å². The summed E-state index contributed by atoms with van der Waals surface area (Å²) < 4.78 is 18.0. The van der Waals surface area contributed by atoms with E-state index in [4.69, 9.17) is 13.3 Å². The molecule has 1 atom stereocenters. The predicted octanol–water partition coefficient (Wildman–Crippen LogP) is 4.39. The van der Waals surface area contributed by atoms with Crippen molar-refractivity contribution < 1.29 is 13.3 Å². The zero-order valence-electron chi connectivity index (χ0n) is 13.0. The lowest BCUT2D eigenvalue weighted by atomic mass is 10.2. The van der Waals surface area contributed by atoms with E-state index in [0.717, 1.165) is 18.9 Å². The van der Waals surface area contributed by atoms with Gasteiger partial charge in [-0.1, -0.05) is 33.1 Å². The van der Waals surface area contributed by atoms with Crippen LogP contribution in [0.25, 0.3) is 0 Å². The van der Waals surface area contributed by atoms with Crippen molar-refractivity contribution in [3.63, 3.8) is 0 Å². The van der Waals surface area contributed by atoms with Gasteiger partial charge < -0.3 is 13.3 Å². The molecule has 0 saturated heterocycles. The van der Waals surface area contributed by atoms with E-state index in [9.17, 15) is 0 Å². The molecular formula is C14H32O3Si. The van der Waals surface area contributed by atoms with E-state index >= 15 is 0 Å². The van der Waals surface area contributed by atoms with Gasteiger partial charge in [0.2, 0.25) is 0 Å². The maximum absolute atomic E-state index is 6.14. The van der Waals surface area contributed by atoms with Gasteiger partial charge in [0, 0.05) is 25.4 Å². The van der Waals surface area contributed by atoms with Crippen LogP contribution >= 0.6 is 0 Å². The molecule has 0 N–H and O–H groups in total.